The van der Waals surface area contributed by atoms with Crippen molar-refractivity contribution in [2.75, 3.05) is 13.1 Å². The van der Waals surface area contributed by atoms with E-state index in [4.69, 9.17) is 11.6 Å². The zero-order valence-electron chi connectivity index (χ0n) is 8.54. The van der Waals surface area contributed by atoms with Crippen LogP contribution in [0.3, 0.4) is 0 Å². The minimum atomic E-state index is 0.443. The fourth-order valence-electron chi connectivity index (χ4n) is 1.71. The number of nitrogens with zero attached hydrogens (tertiary/aromatic N) is 2. The molecular formula is C10H15ClN4. The lowest BCUT2D eigenvalue weighted by Gasteiger charge is -2.23. The SMILES string of the molecule is Clc1ccc(CNC2CCCNC2)nn1. The lowest BCUT2D eigenvalue weighted by molar-refractivity contribution is 0.387. The Labute approximate surface area is 94.4 Å². The van der Waals surface area contributed by atoms with E-state index in [9.17, 15) is 0 Å². The second-order valence-corrected chi connectivity index (χ2v) is 4.16. The Balaban J connectivity index is 1.79. The molecule has 1 aromatic rings. The largest absolute Gasteiger partial charge is 0.315 e. The molecule has 0 aromatic carbocycles. The number of hydrogen-bond donors (Lipinski definition) is 2. The van der Waals surface area contributed by atoms with E-state index in [-0.39, 0.29) is 0 Å². The van der Waals surface area contributed by atoms with Crippen molar-refractivity contribution in [2.24, 2.45) is 0 Å². The fourth-order valence-corrected chi connectivity index (χ4v) is 1.81. The third-order valence-electron chi connectivity index (χ3n) is 2.56. The molecule has 1 atom stereocenters. The predicted octanol–water partition coefficient (Wildman–Crippen LogP) is 0.972. The van der Waals surface area contributed by atoms with E-state index in [0.717, 1.165) is 25.3 Å². The second-order valence-electron chi connectivity index (χ2n) is 3.77. The average Bonchev–Trinajstić information content (AvgIpc) is 2.30. The minimum Gasteiger partial charge on any atom is -0.315 e. The normalized spacial score (nSPS) is 21.5. The van der Waals surface area contributed by atoms with E-state index >= 15 is 0 Å². The number of nitrogens with one attached hydrogen (secondary N) is 2. The summed E-state index contributed by atoms with van der Waals surface area (Å²) in [7, 11) is 0. The van der Waals surface area contributed by atoms with Gasteiger partial charge < -0.3 is 10.6 Å². The lowest BCUT2D eigenvalue weighted by atomic mass is 10.1. The summed E-state index contributed by atoms with van der Waals surface area (Å²) in [5.74, 6) is 0. The molecule has 0 aliphatic carbocycles. The minimum absolute atomic E-state index is 0.443. The van der Waals surface area contributed by atoms with Gasteiger partial charge >= 0.3 is 0 Å². The molecule has 1 unspecified atom stereocenters. The molecule has 0 spiro atoms. The molecule has 2 rings (SSSR count). The van der Waals surface area contributed by atoms with Crippen LogP contribution in [-0.4, -0.2) is 29.3 Å². The van der Waals surface area contributed by atoms with Crippen LogP contribution >= 0.6 is 11.6 Å². The van der Waals surface area contributed by atoms with Crippen molar-refractivity contribution in [1.82, 2.24) is 20.8 Å². The fraction of sp³-hybridized carbons (Fsp3) is 0.600. The van der Waals surface area contributed by atoms with Crippen molar-refractivity contribution >= 4 is 11.6 Å². The summed E-state index contributed by atoms with van der Waals surface area (Å²) in [5.41, 5.74) is 0.935. The molecule has 1 aromatic heterocycles. The second kappa shape index (κ2) is 5.39. The first-order valence-corrected chi connectivity index (χ1v) is 5.64. The molecule has 1 fully saturated rings. The van der Waals surface area contributed by atoms with E-state index in [1.807, 2.05) is 6.07 Å². The van der Waals surface area contributed by atoms with Crippen LogP contribution in [-0.2, 0) is 6.54 Å². The van der Waals surface area contributed by atoms with E-state index in [0.29, 0.717) is 11.2 Å². The van der Waals surface area contributed by atoms with Crippen LogP contribution in [0.5, 0.6) is 0 Å². The third-order valence-corrected chi connectivity index (χ3v) is 2.76. The van der Waals surface area contributed by atoms with Gasteiger partial charge in [0, 0.05) is 19.1 Å². The molecule has 1 saturated heterocycles. The molecule has 5 heteroatoms. The van der Waals surface area contributed by atoms with Crippen LogP contribution in [0.1, 0.15) is 18.5 Å². The van der Waals surface area contributed by atoms with Crippen LogP contribution in [0.25, 0.3) is 0 Å². The molecule has 1 aliphatic rings. The molecule has 0 saturated carbocycles. The van der Waals surface area contributed by atoms with Gasteiger partial charge in [0.05, 0.1) is 5.69 Å². The van der Waals surface area contributed by atoms with Crippen LogP contribution in [0.15, 0.2) is 12.1 Å². The molecule has 2 N–H and O–H groups in total. The summed E-state index contributed by atoms with van der Waals surface area (Å²) in [6.07, 6.45) is 2.47. The van der Waals surface area contributed by atoms with Crippen molar-refractivity contribution in [3.63, 3.8) is 0 Å². The highest BCUT2D eigenvalue weighted by atomic mass is 35.5. The van der Waals surface area contributed by atoms with E-state index < -0.39 is 0 Å². The van der Waals surface area contributed by atoms with Gasteiger partial charge in [-0.3, -0.25) is 0 Å². The van der Waals surface area contributed by atoms with E-state index in [1.165, 1.54) is 12.8 Å². The highest BCUT2D eigenvalue weighted by Crippen LogP contribution is 2.04. The standard InChI is InChI=1S/C10H15ClN4/c11-10-4-3-9(14-15-10)7-13-8-2-1-5-12-6-8/h3-4,8,12-13H,1-2,5-7H2. The van der Waals surface area contributed by atoms with Crippen molar-refractivity contribution in [3.8, 4) is 0 Å². The number of piperidine rings is 1. The zero-order valence-corrected chi connectivity index (χ0v) is 9.30. The van der Waals surface area contributed by atoms with Crippen molar-refractivity contribution in [3.05, 3.63) is 23.0 Å². The Kier molecular flexibility index (Phi) is 3.88. The van der Waals surface area contributed by atoms with Gasteiger partial charge in [0.25, 0.3) is 0 Å². The molecule has 2 heterocycles. The summed E-state index contributed by atoms with van der Waals surface area (Å²) in [5, 5.41) is 15.1. The van der Waals surface area contributed by atoms with Gasteiger partial charge in [-0.1, -0.05) is 11.6 Å². The van der Waals surface area contributed by atoms with E-state index in [2.05, 4.69) is 20.8 Å². The van der Waals surface area contributed by atoms with Crippen LogP contribution < -0.4 is 10.6 Å². The molecule has 0 bridgehead atoms. The van der Waals surface area contributed by atoms with Crippen molar-refractivity contribution in [2.45, 2.75) is 25.4 Å². The van der Waals surface area contributed by atoms with Gasteiger partial charge in [-0.15, -0.1) is 5.10 Å². The molecule has 15 heavy (non-hydrogen) atoms. The first-order chi connectivity index (χ1) is 7.34. The summed E-state index contributed by atoms with van der Waals surface area (Å²) >= 11 is 5.66. The molecule has 4 nitrogen and oxygen atoms in total. The molecule has 0 amide bonds. The smallest absolute Gasteiger partial charge is 0.151 e. The molecular weight excluding hydrogens is 212 g/mol. The van der Waals surface area contributed by atoms with Gasteiger partial charge in [-0.2, -0.15) is 5.10 Å². The maximum atomic E-state index is 5.66. The lowest BCUT2D eigenvalue weighted by Crippen LogP contribution is -2.42. The summed E-state index contributed by atoms with van der Waals surface area (Å²) in [4.78, 5) is 0. The Morgan fingerprint density at radius 2 is 2.40 bits per heavy atom. The predicted molar refractivity (Wildman–Crippen MR) is 59.8 cm³/mol. The average molecular weight is 227 g/mol. The number of rotatable bonds is 3. The Bertz CT molecular complexity index is 295. The maximum absolute atomic E-state index is 5.66. The van der Waals surface area contributed by atoms with Gasteiger partial charge in [-0.25, -0.2) is 0 Å². The van der Waals surface area contributed by atoms with Gasteiger partial charge in [0.15, 0.2) is 5.15 Å². The highest BCUT2D eigenvalue weighted by molar-refractivity contribution is 6.29. The molecule has 82 valence electrons. The Hall–Kier alpha value is -0.710. The summed E-state index contributed by atoms with van der Waals surface area (Å²) < 4.78 is 0. The number of hydrogen-bond acceptors (Lipinski definition) is 4. The van der Waals surface area contributed by atoms with Gasteiger partial charge in [-0.05, 0) is 31.5 Å². The molecule has 1 aliphatic heterocycles. The molecule has 0 radical (unpaired) electrons. The van der Waals surface area contributed by atoms with Crippen molar-refractivity contribution in [1.29, 1.82) is 0 Å². The highest BCUT2D eigenvalue weighted by Gasteiger charge is 2.11. The van der Waals surface area contributed by atoms with Gasteiger partial charge in [0.1, 0.15) is 0 Å². The monoisotopic (exact) mass is 226 g/mol. The topological polar surface area (TPSA) is 49.8 Å². The third kappa shape index (κ3) is 3.41. The first-order valence-electron chi connectivity index (χ1n) is 5.27. The van der Waals surface area contributed by atoms with Gasteiger partial charge in [0.2, 0.25) is 0 Å². The van der Waals surface area contributed by atoms with Crippen LogP contribution in [0.4, 0.5) is 0 Å². The number of aromatic nitrogens is 2. The summed E-state index contributed by atoms with van der Waals surface area (Å²) in [6.45, 7) is 2.94. The quantitative estimate of drug-likeness (QED) is 0.807. The van der Waals surface area contributed by atoms with Crippen molar-refractivity contribution < 1.29 is 0 Å². The van der Waals surface area contributed by atoms with Crippen LogP contribution in [0, 0.1) is 0 Å². The number of halogens is 1. The maximum Gasteiger partial charge on any atom is 0.151 e. The van der Waals surface area contributed by atoms with E-state index in [1.54, 1.807) is 6.07 Å². The first kappa shape index (κ1) is 10.8. The Morgan fingerprint density at radius 1 is 1.47 bits per heavy atom. The Morgan fingerprint density at radius 3 is 3.07 bits per heavy atom. The van der Waals surface area contributed by atoms with Crippen LogP contribution in [0.2, 0.25) is 5.15 Å². The summed E-state index contributed by atoms with van der Waals surface area (Å²) in [6, 6.07) is 4.22. The zero-order chi connectivity index (χ0) is 10.5.